The summed E-state index contributed by atoms with van der Waals surface area (Å²) in [5, 5.41) is 11.1. The topological polar surface area (TPSA) is 87.2 Å². The van der Waals surface area contributed by atoms with Crippen molar-refractivity contribution in [3.05, 3.63) is 42.5 Å². The van der Waals surface area contributed by atoms with Gasteiger partial charge in [0.2, 0.25) is 11.8 Å². The van der Waals surface area contributed by atoms with Gasteiger partial charge in [0.15, 0.2) is 6.10 Å². The lowest BCUT2D eigenvalue weighted by atomic mass is 10.1. The number of hydrogen-bond acceptors (Lipinski definition) is 4. The molecular weight excluding hydrogens is 348 g/mol. The Morgan fingerprint density at radius 3 is 2.67 bits per heavy atom. The monoisotopic (exact) mass is 368 g/mol. The Morgan fingerprint density at radius 1 is 1.07 bits per heavy atom. The first-order chi connectivity index (χ1) is 13.0. The molecule has 0 saturated carbocycles. The van der Waals surface area contributed by atoms with Crippen molar-refractivity contribution >= 4 is 34.2 Å². The van der Waals surface area contributed by atoms with Crippen LogP contribution in [0.5, 0.6) is 0 Å². The molecule has 0 radical (unpaired) electrons. The molecule has 0 bridgehead atoms. The van der Waals surface area contributed by atoms with Gasteiger partial charge in [-0.25, -0.2) is 4.79 Å². The maximum Gasteiger partial charge on any atom is 0.334 e. The highest BCUT2D eigenvalue weighted by molar-refractivity contribution is 6.07. The molecule has 1 N–H and O–H groups in total. The van der Waals surface area contributed by atoms with Crippen LogP contribution in [0.25, 0.3) is 10.8 Å². The van der Waals surface area contributed by atoms with Gasteiger partial charge in [-0.3, -0.25) is 9.59 Å². The van der Waals surface area contributed by atoms with Crippen molar-refractivity contribution in [1.29, 1.82) is 0 Å². The van der Waals surface area contributed by atoms with Crippen LogP contribution in [0.2, 0.25) is 0 Å². The Bertz CT molecular complexity index is 907. The summed E-state index contributed by atoms with van der Waals surface area (Å²) in [6.07, 6.45) is -0.870. The van der Waals surface area contributed by atoms with Crippen molar-refractivity contribution in [2.75, 3.05) is 31.1 Å². The van der Waals surface area contributed by atoms with Crippen molar-refractivity contribution < 1.29 is 24.2 Å². The molecule has 27 heavy (non-hydrogen) atoms. The van der Waals surface area contributed by atoms with Gasteiger partial charge in [0.25, 0.3) is 0 Å². The number of anilines is 1. The molecule has 140 valence electrons. The van der Waals surface area contributed by atoms with E-state index < -0.39 is 18.0 Å². The van der Waals surface area contributed by atoms with Gasteiger partial charge >= 0.3 is 5.97 Å². The zero-order valence-corrected chi connectivity index (χ0v) is 14.7. The lowest BCUT2D eigenvalue weighted by Gasteiger charge is -2.32. The predicted octanol–water partition coefficient (Wildman–Crippen LogP) is 1.50. The third kappa shape index (κ3) is 3.26. The minimum atomic E-state index is -1.08. The minimum Gasteiger partial charge on any atom is -0.479 e. The lowest BCUT2D eigenvalue weighted by molar-refractivity contribution is -0.160. The standard InChI is InChI=1S/C20H20N2O5/c23-18-10-14(19(24)21-8-9-27-17(12-21)20(25)26)11-22(18)16-7-3-5-13-4-1-2-6-15(13)16/h1-7,14,17H,8-12H2,(H,25,26). The van der Waals surface area contributed by atoms with Crippen LogP contribution >= 0.6 is 0 Å². The summed E-state index contributed by atoms with van der Waals surface area (Å²) in [7, 11) is 0. The second kappa shape index (κ2) is 7.00. The number of ether oxygens (including phenoxy) is 1. The van der Waals surface area contributed by atoms with Gasteiger partial charge in [0, 0.05) is 24.9 Å². The van der Waals surface area contributed by atoms with Crippen LogP contribution in [-0.2, 0) is 19.1 Å². The number of aliphatic carboxylic acids is 1. The number of carboxylic acid groups (broad SMARTS) is 1. The zero-order valence-electron chi connectivity index (χ0n) is 14.7. The number of carbonyl (C=O) groups is 3. The average molecular weight is 368 g/mol. The number of carboxylic acids is 1. The van der Waals surface area contributed by atoms with Crippen LogP contribution in [0.4, 0.5) is 5.69 Å². The highest BCUT2D eigenvalue weighted by atomic mass is 16.5. The molecule has 2 aliphatic heterocycles. The number of fused-ring (bicyclic) bond motifs is 1. The molecule has 0 aromatic heterocycles. The molecule has 2 fully saturated rings. The van der Waals surface area contributed by atoms with E-state index in [0.29, 0.717) is 13.1 Å². The fourth-order valence-electron chi connectivity index (χ4n) is 3.81. The Hall–Kier alpha value is -2.93. The van der Waals surface area contributed by atoms with Gasteiger partial charge in [-0.05, 0) is 11.5 Å². The molecule has 2 heterocycles. The van der Waals surface area contributed by atoms with Crippen molar-refractivity contribution in [3.63, 3.8) is 0 Å². The highest BCUT2D eigenvalue weighted by Crippen LogP contribution is 2.32. The summed E-state index contributed by atoms with van der Waals surface area (Å²) < 4.78 is 5.17. The third-order valence-electron chi connectivity index (χ3n) is 5.19. The lowest BCUT2D eigenvalue weighted by Crippen LogP contribution is -2.50. The normalized spacial score (nSPS) is 23.0. The predicted molar refractivity (Wildman–Crippen MR) is 98.4 cm³/mol. The average Bonchev–Trinajstić information content (AvgIpc) is 3.08. The van der Waals surface area contributed by atoms with Crippen molar-refractivity contribution in [2.24, 2.45) is 5.92 Å². The maximum atomic E-state index is 12.9. The van der Waals surface area contributed by atoms with Gasteiger partial charge in [0.1, 0.15) is 0 Å². The number of carbonyl (C=O) groups excluding carboxylic acids is 2. The Labute approximate surface area is 156 Å². The first kappa shape index (κ1) is 17.5. The SMILES string of the molecule is O=C(O)C1CN(C(=O)C2CC(=O)N(c3cccc4ccccc34)C2)CCO1. The van der Waals surface area contributed by atoms with Gasteiger partial charge in [-0.1, -0.05) is 36.4 Å². The smallest absolute Gasteiger partial charge is 0.334 e. The summed E-state index contributed by atoms with van der Waals surface area (Å²) >= 11 is 0. The van der Waals surface area contributed by atoms with E-state index in [1.165, 1.54) is 4.90 Å². The van der Waals surface area contributed by atoms with Crippen LogP contribution in [0, 0.1) is 5.92 Å². The molecule has 2 aromatic carbocycles. The fourth-order valence-corrected chi connectivity index (χ4v) is 3.81. The fraction of sp³-hybridized carbons (Fsp3) is 0.350. The molecule has 2 aliphatic rings. The molecule has 2 aromatic rings. The molecule has 0 aliphatic carbocycles. The number of hydrogen-bond donors (Lipinski definition) is 1. The molecule has 0 spiro atoms. The summed E-state index contributed by atoms with van der Waals surface area (Å²) in [5.41, 5.74) is 0.804. The number of nitrogens with zero attached hydrogens (tertiary/aromatic N) is 2. The highest BCUT2D eigenvalue weighted by Gasteiger charge is 2.39. The zero-order chi connectivity index (χ0) is 19.0. The van der Waals surface area contributed by atoms with E-state index in [4.69, 9.17) is 9.84 Å². The molecular formula is C20H20N2O5. The van der Waals surface area contributed by atoms with Crippen molar-refractivity contribution in [3.8, 4) is 0 Å². The van der Waals surface area contributed by atoms with E-state index in [9.17, 15) is 14.4 Å². The van der Waals surface area contributed by atoms with E-state index in [2.05, 4.69) is 0 Å². The molecule has 7 heteroatoms. The first-order valence-corrected chi connectivity index (χ1v) is 8.96. The second-order valence-corrected chi connectivity index (χ2v) is 6.89. The van der Waals surface area contributed by atoms with Crippen LogP contribution < -0.4 is 4.90 Å². The first-order valence-electron chi connectivity index (χ1n) is 8.96. The molecule has 2 unspecified atom stereocenters. The number of rotatable bonds is 3. The number of benzene rings is 2. The molecule has 4 rings (SSSR count). The van der Waals surface area contributed by atoms with Crippen LogP contribution in [-0.4, -0.2) is 60.1 Å². The van der Waals surface area contributed by atoms with E-state index in [0.717, 1.165) is 16.5 Å². The number of amides is 2. The summed E-state index contributed by atoms with van der Waals surface area (Å²) in [6, 6.07) is 13.6. The molecule has 7 nitrogen and oxygen atoms in total. The van der Waals surface area contributed by atoms with Crippen LogP contribution in [0.3, 0.4) is 0 Å². The summed E-state index contributed by atoms with van der Waals surface area (Å²) in [5.74, 6) is -1.82. The van der Waals surface area contributed by atoms with Gasteiger partial charge in [0.05, 0.1) is 24.8 Å². The van der Waals surface area contributed by atoms with E-state index in [-0.39, 0.29) is 31.4 Å². The van der Waals surface area contributed by atoms with E-state index in [1.807, 2.05) is 42.5 Å². The maximum absolute atomic E-state index is 12.9. The van der Waals surface area contributed by atoms with Crippen LogP contribution in [0.1, 0.15) is 6.42 Å². The second-order valence-electron chi connectivity index (χ2n) is 6.89. The number of morpholine rings is 1. The van der Waals surface area contributed by atoms with Gasteiger partial charge in [-0.2, -0.15) is 0 Å². The largest absolute Gasteiger partial charge is 0.479 e. The van der Waals surface area contributed by atoms with E-state index >= 15 is 0 Å². The summed E-state index contributed by atoms with van der Waals surface area (Å²) in [6.45, 7) is 0.867. The van der Waals surface area contributed by atoms with E-state index in [1.54, 1.807) is 4.90 Å². The van der Waals surface area contributed by atoms with Crippen molar-refractivity contribution in [2.45, 2.75) is 12.5 Å². The van der Waals surface area contributed by atoms with Crippen LogP contribution in [0.15, 0.2) is 42.5 Å². The molecule has 2 amide bonds. The Balaban J connectivity index is 1.53. The van der Waals surface area contributed by atoms with Gasteiger partial charge < -0.3 is 19.6 Å². The molecule has 2 saturated heterocycles. The third-order valence-corrected chi connectivity index (χ3v) is 5.19. The van der Waals surface area contributed by atoms with Crippen molar-refractivity contribution in [1.82, 2.24) is 4.90 Å². The Morgan fingerprint density at radius 2 is 1.85 bits per heavy atom. The quantitative estimate of drug-likeness (QED) is 0.887. The Kier molecular flexibility index (Phi) is 4.53. The minimum absolute atomic E-state index is 0.0210. The van der Waals surface area contributed by atoms with Gasteiger partial charge in [-0.15, -0.1) is 0 Å². The summed E-state index contributed by atoms with van der Waals surface area (Å²) in [4.78, 5) is 39.8. The molecule has 2 atom stereocenters.